The number of rotatable bonds is 6. The van der Waals surface area contributed by atoms with E-state index in [0.29, 0.717) is 0 Å². The molecule has 1 aromatic rings. The van der Waals surface area contributed by atoms with Crippen LogP contribution in [0.5, 0.6) is 0 Å². The van der Waals surface area contributed by atoms with Crippen molar-refractivity contribution in [1.29, 1.82) is 0 Å². The molecule has 3 atom stereocenters. The Labute approximate surface area is 122 Å². The standard InChI is InChI=1S/C17H27NO2/c1-6-12(2)15(14-10-8-7-9-11-14)16(20)18-17(4,5)13(3)19/h7-13,15,19H,6H2,1-5H3,(H,18,20). The molecule has 3 heteroatoms. The van der Waals surface area contributed by atoms with Gasteiger partial charge in [-0.1, -0.05) is 50.6 Å². The summed E-state index contributed by atoms with van der Waals surface area (Å²) in [7, 11) is 0. The fourth-order valence-electron chi connectivity index (χ4n) is 2.13. The number of amides is 1. The van der Waals surface area contributed by atoms with Crippen LogP contribution in [0.4, 0.5) is 0 Å². The second-order valence-electron chi connectivity index (χ2n) is 6.16. The molecule has 20 heavy (non-hydrogen) atoms. The molecule has 0 bridgehead atoms. The van der Waals surface area contributed by atoms with Gasteiger partial charge in [0.05, 0.1) is 17.6 Å². The quantitative estimate of drug-likeness (QED) is 0.839. The fourth-order valence-corrected chi connectivity index (χ4v) is 2.13. The molecule has 0 fully saturated rings. The molecule has 0 saturated carbocycles. The second-order valence-corrected chi connectivity index (χ2v) is 6.16. The molecule has 2 N–H and O–H groups in total. The Balaban J connectivity index is 2.98. The van der Waals surface area contributed by atoms with Crippen molar-refractivity contribution in [3.63, 3.8) is 0 Å². The van der Waals surface area contributed by atoms with Crippen molar-refractivity contribution in [2.24, 2.45) is 5.92 Å². The predicted molar refractivity (Wildman–Crippen MR) is 82.5 cm³/mol. The van der Waals surface area contributed by atoms with E-state index >= 15 is 0 Å². The Morgan fingerprint density at radius 1 is 1.25 bits per heavy atom. The number of hydrogen-bond acceptors (Lipinski definition) is 2. The third-order valence-electron chi connectivity index (χ3n) is 4.14. The van der Waals surface area contributed by atoms with Gasteiger partial charge < -0.3 is 10.4 Å². The van der Waals surface area contributed by atoms with E-state index < -0.39 is 11.6 Å². The summed E-state index contributed by atoms with van der Waals surface area (Å²) in [5, 5.41) is 12.7. The molecule has 0 aliphatic rings. The first-order valence-electron chi connectivity index (χ1n) is 7.34. The maximum Gasteiger partial charge on any atom is 0.228 e. The van der Waals surface area contributed by atoms with E-state index in [4.69, 9.17) is 0 Å². The second kappa shape index (κ2) is 6.89. The van der Waals surface area contributed by atoms with Crippen LogP contribution in [0.3, 0.4) is 0 Å². The van der Waals surface area contributed by atoms with Crippen molar-refractivity contribution in [2.75, 3.05) is 0 Å². The largest absolute Gasteiger partial charge is 0.391 e. The highest BCUT2D eigenvalue weighted by Gasteiger charge is 2.32. The minimum atomic E-state index is -0.627. The molecular formula is C17H27NO2. The molecule has 0 spiro atoms. The maximum atomic E-state index is 12.6. The van der Waals surface area contributed by atoms with E-state index in [1.165, 1.54) is 0 Å². The average Bonchev–Trinajstić information content (AvgIpc) is 2.39. The van der Waals surface area contributed by atoms with E-state index in [9.17, 15) is 9.90 Å². The van der Waals surface area contributed by atoms with E-state index in [1.54, 1.807) is 6.92 Å². The van der Waals surface area contributed by atoms with Gasteiger partial charge in [0.2, 0.25) is 5.91 Å². The van der Waals surface area contributed by atoms with Crippen LogP contribution in [0.2, 0.25) is 0 Å². The Morgan fingerprint density at radius 2 is 1.80 bits per heavy atom. The van der Waals surface area contributed by atoms with Crippen molar-refractivity contribution in [3.05, 3.63) is 35.9 Å². The lowest BCUT2D eigenvalue weighted by Gasteiger charge is -2.33. The average molecular weight is 277 g/mol. The highest BCUT2D eigenvalue weighted by atomic mass is 16.3. The normalized spacial score (nSPS) is 16.3. The van der Waals surface area contributed by atoms with Crippen LogP contribution in [0.25, 0.3) is 0 Å². The summed E-state index contributed by atoms with van der Waals surface area (Å²) in [4.78, 5) is 12.6. The number of aliphatic hydroxyl groups excluding tert-OH is 1. The summed E-state index contributed by atoms with van der Waals surface area (Å²) >= 11 is 0. The highest BCUT2D eigenvalue weighted by Crippen LogP contribution is 2.28. The molecule has 0 aliphatic carbocycles. The predicted octanol–water partition coefficient (Wildman–Crippen LogP) is 3.09. The van der Waals surface area contributed by atoms with Crippen LogP contribution in [0.15, 0.2) is 30.3 Å². The number of aliphatic hydroxyl groups is 1. The highest BCUT2D eigenvalue weighted by molar-refractivity contribution is 5.84. The van der Waals surface area contributed by atoms with Gasteiger partial charge in [-0.2, -0.15) is 0 Å². The minimum Gasteiger partial charge on any atom is -0.391 e. The first-order valence-corrected chi connectivity index (χ1v) is 7.34. The van der Waals surface area contributed by atoms with Gasteiger partial charge in [0.1, 0.15) is 0 Å². The first kappa shape index (κ1) is 16.7. The van der Waals surface area contributed by atoms with Gasteiger partial charge in [0.25, 0.3) is 0 Å². The summed E-state index contributed by atoms with van der Waals surface area (Å²) in [5.41, 5.74) is 0.401. The van der Waals surface area contributed by atoms with Crippen molar-refractivity contribution in [2.45, 2.75) is 58.6 Å². The van der Waals surface area contributed by atoms with Crippen molar-refractivity contribution >= 4 is 5.91 Å². The molecule has 0 aliphatic heterocycles. The van der Waals surface area contributed by atoms with Crippen LogP contribution in [0.1, 0.15) is 52.5 Å². The van der Waals surface area contributed by atoms with Gasteiger partial charge in [-0.05, 0) is 32.3 Å². The zero-order valence-electron chi connectivity index (χ0n) is 13.2. The van der Waals surface area contributed by atoms with Crippen LogP contribution >= 0.6 is 0 Å². The van der Waals surface area contributed by atoms with Gasteiger partial charge in [-0.15, -0.1) is 0 Å². The van der Waals surface area contributed by atoms with Gasteiger partial charge in [0.15, 0.2) is 0 Å². The zero-order valence-corrected chi connectivity index (χ0v) is 13.2. The molecule has 0 radical (unpaired) electrons. The summed E-state index contributed by atoms with van der Waals surface area (Å²) in [6.07, 6.45) is 0.335. The van der Waals surface area contributed by atoms with E-state index in [2.05, 4.69) is 19.2 Å². The Bertz CT molecular complexity index is 426. The maximum absolute atomic E-state index is 12.6. The molecule has 0 heterocycles. The molecular weight excluding hydrogens is 250 g/mol. The molecule has 3 nitrogen and oxygen atoms in total. The van der Waals surface area contributed by atoms with Gasteiger partial charge in [0, 0.05) is 0 Å². The van der Waals surface area contributed by atoms with Crippen molar-refractivity contribution in [3.8, 4) is 0 Å². The van der Waals surface area contributed by atoms with E-state index in [1.807, 2.05) is 44.2 Å². The van der Waals surface area contributed by atoms with Crippen LogP contribution in [0, 0.1) is 5.92 Å². The Hall–Kier alpha value is -1.35. The topological polar surface area (TPSA) is 49.3 Å². The number of carbonyl (C=O) groups excluding carboxylic acids is 1. The number of hydrogen-bond donors (Lipinski definition) is 2. The SMILES string of the molecule is CCC(C)C(C(=O)NC(C)(C)C(C)O)c1ccccc1. The molecule has 0 aromatic heterocycles. The van der Waals surface area contributed by atoms with Gasteiger partial charge in [-0.25, -0.2) is 0 Å². The summed E-state index contributed by atoms with van der Waals surface area (Å²) in [6, 6.07) is 9.85. The van der Waals surface area contributed by atoms with Crippen LogP contribution in [-0.2, 0) is 4.79 Å². The smallest absolute Gasteiger partial charge is 0.228 e. The lowest BCUT2D eigenvalue weighted by Crippen LogP contribution is -2.52. The first-order chi connectivity index (χ1) is 9.29. The molecule has 1 aromatic carbocycles. The lowest BCUT2D eigenvalue weighted by molar-refractivity contribution is -0.126. The molecule has 1 rings (SSSR count). The van der Waals surface area contributed by atoms with Crippen molar-refractivity contribution < 1.29 is 9.90 Å². The van der Waals surface area contributed by atoms with Gasteiger partial charge >= 0.3 is 0 Å². The summed E-state index contributed by atoms with van der Waals surface area (Å²) in [5.74, 6) is 0.0536. The Morgan fingerprint density at radius 3 is 2.25 bits per heavy atom. The fraction of sp³-hybridized carbons (Fsp3) is 0.588. The van der Waals surface area contributed by atoms with E-state index in [-0.39, 0.29) is 17.7 Å². The molecule has 0 saturated heterocycles. The summed E-state index contributed by atoms with van der Waals surface area (Å²) in [6.45, 7) is 9.56. The van der Waals surface area contributed by atoms with Crippen molar-refractivity contribution in [1.82, 2.24) is 5.32 Å². The monoisotopic (exact) mass is 277 g/mol. The van der Waals surface area contributed by atoms with E-state index in [0.717, 1.165) is 12.0 Å². The summed E-state index contributed by atoms with van der Waals surface area (Å²) < 4.78 is 0. The van der Waals surface area contributed by atoms with Crippen LogP contribution < -0.4 is 5.32 Å². The number of nitrogens with one attached hydrogen (secondary N) is 1. The number of carbonyl (C=O) groups is 1. The minimum absolute atomic E-state index is 0.0172. The molecule has 3 unspecified atom stereocenters. The Kier molecular flexibility index (Phi) is 5.75. The van der Waals surface area contributed by atoms with Gasteiger partial charge in [-0.3, -0.25) is 4.79 Å². The third kappa shape index (κ3) is 4.07. The van der Waals surface area contributed by atoms with Crippen LogP contribution in [-0.4, -0.2) is 22.7 Å². The number of benzene rings is 1. The lowest BCUT2D eigenvalue weighted by atomic mass is 9.84. The zero-order chi connectivity index (χ0) is 15.3. The molecule has 112 valence electrons. The third-order valence-corrected chi connectivity index (χ3v) is 4.14. The molecule has 1 amide bonds.